The maximum atomic E-state index is 13.2. The highest BCUT2D eigenvalue weighted by atomic mass is 32.2. The number of amides is 2. The van der Waals surface area contributed by atoms with Gasteiger partial charge < -0.3 is 19.8 Å². The van der Waals surface area contributed by atoms with Gasteiger partial charge in [0.1, 0.15) is 5.75 Å². The largest absolute Gasteiger partial charge is 0.496 e. The number of rotatable bonds is 7. The summed E-state index contributed by atoms with van der Waals surface area (Å²) in [4.78, 5) is 25.4. The van der Waals surface area contributed by atoms with E-state index in [1.807, 2.05) is 0 Å². The molecule has 0 atom stereocenters. The molecular formula is C25H27N3O6S. The van der Waals surface area contributed by atoms with Crippen molar-refractivity contribution in [2.75, 3.05) is 30.8 Å². The van der Waals surface area contributed by atoms with Crippen LogP contribution in [0.3, 0.4) is 0 Å². The normalized spacial score (nSPS) is 14.7. The minimum atomic E-state index is -3.74. The Morgan fingerprint density at radius 2 is 1.57 bits per heavy atom. The van der Waals surface area contributed by atoms with Crippen molar-refractivity contribution in [3.05, 3.63) is 72.2 Å². The fourth-order valence-corrected chi connectivity index (χ4v) is 5.47. The third-order valence-corrected chi connectivity index (χ3v) is 7.64. The Morgan fingerprint density at radius 3 is 2.20 bits per heavy atom. The van der Waals surface area contributed by atoms with Crippen LogP contribution >= 0.6 is 0 Å². The lowest BCUT2D eigenvalue weighted by Gasteiger charge is -2.20. The van der Waals surface area contributed by atoms with E-state index in [0.29, 0.717) is 24.5 Å². The molecule has 2 heterocycles. The summed E-state index contributed by atoms with van der Waals surface area (Å²) in [7, 11) is -2.32. The second kappa shape index (κ2) is 10.7. The Kier molecular flexibility index (Phi) is 7.52. The maximum Gasteiger partial charge on any atom is 0.291 e. The smallest absolute Gasteiger partial charge is 0.291 e. The number of ether oxygens (including phenoxy) is 1. The Balaban J connectivity index is 1.55. The van der Waals surface area contributed by atoms with E-state index in [4.69, 9.17) is 9.15 Å². The van der Waals surface area contributed by atoms with Crippen LogP contribution in [-0.2, 0) is 10.0 Å². The molecule has 184 valence electrons. The first-order valence-corrected chi connectivity index (χ1v) is 12.8. The minimum absolute atomic E-state index is 0.0461. The van der Waals surface area contributed by atoms with Crippen molar-refractivity contribution in [2.45, 2.75) is 30.6 Å². The molecule has 3 aromatic rings. The average Bonchev–Trinajstić information content (AvgIpc) is 3.26. The molecule has 4 rings (SSSR count). The summed E-state index contributed by atoms with van der Waals surface area (Å²) < 4.78 is 38.3. The van der Waals surface area contributed by atoms with E-state index in [1.165, 1.54) is 35.9 Å². The standard InChI is InChI=1S/C25H27N3O6S/c1-33-22-12-11-20(35(31,32)28-13-4-2-3-5-14-28)17-21(22)24(29)26-18-8-6-9-19(16-18)27-25(30)23-10-7-15-34-23/h6-12,15-17H,2-5,13-14H2,1H3,(H,26,29)(H,27,30). The molecule has 1 aliphatic heterocycles. The first kappa shape index (κ1) is 24.5. The van der Waals surface area contributed by atoms with Crippen LogP contribution in [0, 0.1) is 0 Å². The van der Waals surface area contributed by atoms with Crippen LogP contribution in [-0.4, -0.2) is 44.7 Å². The summed E-state index contributed by atoms with van der Waals surface area (Å²) in [5.74, 6) is -0.554. The van der Waals surface area contributed by atoms with Gasteiger partial charge >= 0.3 is 0 Å². The van der Waals surface area contributed by atoms with Gasteiger partial charge in [-0.05, 0) is 61.4 Å². The van der Waals surface area contributed by atoms with Crippen molar-refractivity contribution >= 4 is 33.2 Å². The quantitative estimate of drug-likeness (QED) is 0.501. The van der Waals surface area contributed by atoms with E-state index < -0.39 is 21.8 Å². The number of methoxy groups -OCH3 is 1. The molecule has 2 N–H and O–H groups in total. The number of anilines is 2. The summed E-state index contributed by atoms with van der Waals surface area (Å²) in [6, 6.07) is 14.0. The molecule has 1 saturated heterocycles. The number of benzene rings is 2. The predicted octanol–water partition coefficient (Wildman–Crippen LogP) is 4.36. The van der Waals surface area contributed by atoms with Crippen LogP contribution in [0.4, 0.5) is 11.4 Å². The van der Waals surface area contributed by atoms with E-state index >= 15 is 0 Å². The molecule has 0 bridgehead atoms. The number of sulfonamides is 1. The van der Waals surface area contributed by atoms with Gasteiger partial charge in [0.2, 0.25) is 10.0 Å². The van der Waals surface area contributed by atoms with E-state index in [-0.39, 0.29) is 22.0 Å². The number of nitrogens with zero attached hydrogens (tertiary/aromatic N) is 1. The average molecular weight is 498 g/mol. The van der Waals surface area contributed by atoms with Crippen LogP contribution in [0.15, 0.2) is 70.2 Å². The van der Waals surface area contributed by atoms with Gasteiger partial charge in [0.15, 0.2) is 5.76 Å². The van der Waals surface area contributed by atoms with Gasteiger partial charge in [0.05, 0.1) is 23.8 Å². The van der Waals surface area contributed by atoms with Crippen LogP contribution in [0.25, 0.3) is 0 Å². The fraction of sp³-hybridized carbons (Fsp3) is 0.280. The molecule has 9 nitrogen and oxygen atoms in total. The molecule has 2 aromatic carbocycles. The zero-order valence-electron chi connectivity index (χ0n) is 19.3. The Bertz CT molecular complexity index is 1300. The molecular weight excluding hydrogens is 470 g/mol. The zero-order chi connectivity index (χ0) is 24.8. The maximum absolute atomic E-state index is 13.2. The third-order valence-electron chi connectivity index (χ3n) is 5.74. The first-order chi connectivity index (χ1) is 16.9. The molecule has 35 heavy (non-hydrogen) atoms. The number of carbonyl (C=O) groups is 2. The van der Waals surface area contributed by atoms with Crippen molar-refractivity contribution in [3.63, 3.8) is 0 Å². The van der Waals surface area contributed by atoms with E-state index in [2.05, 4.69) is 10.6 Å². The van der Waals surface area contributed by atoms with Gasteiger partial charge in [-0.1, -0.05) is 18.9 Å². The van der Waals surface area contributed by atoms with Crippen LogP contribution in [0.1, 0.15) is 46.6 Å². The number of hydrogen-bond acceptors (Lipinski definition) is 6. The predicted molar refractivity (Wildman–Crippen MR) is 131 cm³/mol. The number of furan rings is 1. The number of hydrogen-bond donors (Lipinski definition) is 2. The topological polar surface area (TPSA) is 118 Å². The summed E-state index contributed by atoms with van der Waals surface area (Å²) in [6.45, 7) is 0.929. The van der Waals surface area contributed by atoms with Crippen molar-refractivity contribution < 1.29 is 27.2 Å². The van der Waals surface area contributed by atoms with Gasteiger partial charge in [0.25, 0.3) is 11.8 Å². The van der Waals surface area contributed by atoms with E-state index in [9.17, 15) is 18.0 Å². The molecule has 0 saturated carbocycles. The van der Waals surface area contributed by atoms with Crippen molar-refractivity contribution in [2.24, 2.45) is 0 Å². The van der Waals surface area contributed by atoms with Crippen LogP contribution < -0.4 is 15.4 Å². The molecule has 10 heteroatoms. The highest BCUT2D eigenvalue weighted by Crippen LogP contribution is 2.27. The van der Waals surface area contributed by atoms with Gasteiger partial charge in [-0.25, -0.2) is 8.42 Å². The molecule has 1 aliphatic rings. The molecule has 0 aliphatic carbocycles. The molecule has 1 aromatic heterocycles. The summed E-state index contributed by atoms with van der Waals surface area (Å²) in [5, 5.41) is 5.44. The summed E-state index contributed by atoms with van der Waals surface area (Å²) in [5.41, 5.74) is 0.956. The lowest BCUT2D eigenvalue weighted by Crippen LogP contribution is -2.32. The lowest BCUT2D eigenvalue weighted by molar-refractivity contribution is 0.0994. The van der Waals surface area contributed by atoms with E-state index in [0.717, 1.165) is 25.7 Å². The lowest BCUT2D eigenvalue weighted by atomic mass is 10.1. The summed E-state index contributed by atoms with van der Waals surface area (Å²) in [6.07, 6.45) is 5.04. The van der Waals surface area contributed by atoms with Gasteiger partial charge in [-0.15, -0.1) is 0 Å². The Hall–Kier alpha value is -3.63. The molecule has 2 amide bonds. The van der Waals surface area contributed by atoms with Crippen molar-refractivity contribution in [1.82, 2.24) is 4.31 Å². The first-order valence-electron chi connectivity index (χ1n) is 11.3. The minimum Gasteiger partial charge on any atom is -0.496 e. The number of carbonyl (C=O) groups excluding carboxylic acids is 2. The monoisotopic (exact) mass is 497 g/mol. The van der Waals surface area contributed by atoms with Gasteiger partial charge in [0, 0.05) is 24.5 Å². The highest BCUT2D eigenvalue weighted by Gasteiger charge is 2.27. The second-order valence-electron chi connectivity index (χ2n) is 8.15. The van der Waals surface area contributed by atoms with Gasteiger partial charge in [-0.3, -0.25) is 9.59 Å². The zero-order valence-corrected chi connectivity index (χ0v) is 20.1. The Morgan fingerprint density at radius 1 is 0.886 bits per heavy atom. The van der Waals surface area contributed by atoms with E-state index in [1.54, 1.807) is 36.4 Å². The highest BCUT2D eigenvalue weighted by molar-refractivity contribution is 7.89. The van der Waals surface area contributed by atoms with Crippen LogP contribution in [0.2, 0.25) is 0 Å². The van der Waals surface area contributed by atoms with Gasteiger partial charge in [-0.2, -0.15) is 4.31 Å². The fourth-order valence-electron chi connectivity index (χ4n) is 3.93. The third kappa shape index (κ3) is 5.72. The molecule has 0 spiro atoms. The molecule has 0 unspecified atom stereocenters. The van der Waals surface area contributed by atoms with Crippen molar-refractivity contribution in [1.29, 1.82) is 0 Å². The van der Waals surface area contributed by atoms with Crippen LogP contribution in [0.5, 0.6) is 5.75 Å². The summed E-state index contributed by atoms with van der Waals surface area (Å²) >= 11 is 0. The van der Waals surface area contributed by atoms with Crippen molar-refractivity contribution in [3.8, 4) is 5.75 Å². The SMILES string of the molecule is COc1ccc(S(=O)(=O)N2CCCCCC2)cc1C(=O)Nc1cccc(NC(=O)c2ccco2)c1. The number of nitrogens with one attached hydrogen (secondary N) is 2. The second-order valence-corrected chi connectivity index (χ2v) is 10.1. The Labute approximate surface area is 204 Å². The molecule has 1 fully saturated rings. The molecule has 0 radical (unpaired) electrons.